The normalized spacial score (nSPS) is 10.7. The van der Waals surface area contributed by atoms with Crippen LogP contribution < -0.4 is 0 Å². The first-order valence-electron chi connectivity index (χ1n) is 3.19. The first-order valence-corrected chi connectivity index (χ1v) is 4.44. The molecule has 0 aromatic rings. The Labute approximate surface area is 58.5 Å². The molecule has 55 valence electrons. The highest BCUT2D eigenvalue weighted by Gasteiger charge is 2.03. The Balaban J connectivity index is 3.18. The molecule has 3 heteroatoms. The monoisotopic (exact) mass is 149 g/mol. The van der Waals surface area contributed by atoms with Crippen molar-refractivity contribution in [3.05, 3.63) is 6.16 Å². The molecule has 0 aliphatic carbocycles. The van der Waals surface area contributed by atoms with Gasteiger partial charge in [0.1, 0.15) is 0 Å². The van der Waals surface area contributed by atoms with Crippen LogP contribution in [0, 0.1) is 6.16 Å². The first kappa shape index (κ1) is 9.35. The van der Waals surface area contributed by atoms with Crippen LogP contribution >= 0.6 is 8.38 Å². The Kier molecular flexibility index (Phi) is 6.72. The second-order valence-corrected chi connectivity index (χ2v) is 2.98. The molecule has 0 heterocycles. The zero-order valence-electron chi connectivity index (χ0n) is 6.26. The van der Waals surface area contributed by atoms with E-state index in [0.29, 0.717) is 0 Å². The van der Waals surface area contributed by atoms with Gasteiger partial charge in [-0.15, -0.1) is 0 Å². The fourth-order valence-corrected chi connectivity index (χ4v) is 1.32. The van der Waals surface area contributed by atoms with Gasteiger partial charge in [-0.1, -0.05) is 6.92 Å². The van der Waals surface area contributed by atoms with Crippen molar-refractivity contribution in [2.45, 2.75) is 20.8 Å². The minimum atomic E-state index is -0.684. The van der Waals surface area contributed by atoms with E-state index in [-0.39, 0.29) is 0 Å². The fourth-order valence-electron chi connectivity index (χ4n) is 0.441. The van der Waals surface area contributed by atoms with Crippen LogP contribution in [0.1, 0.15) is 20.8 Å². The number of hydrogen-bond donors (Lipinski definition) is 0. The summed E-state index contributed by atoms with van der Waals surface area (Å²) >= 11 is 0. The molecular weight excluding hydrogens is 135 g/mol. The SMILES string of the molecule is C[CH]P(OCC)OCC. The van der Waals surface area contributed by atoms with Crippen molar-refractivity contribution in [3.8, 4) is 0 Å². The van der Waals surface area contributed by atoms with E-state index in [1.165, 1.54) is 0 Å². The first-order chi connectivity index (χ1) is 4.35. The van der Waals surface area contributed by atoms with Gasteiger partial charge < -0.3 is 9.05 Å². The molecule has 1 radical (unpaired) electrons. The Morgan fingerprint density at radius 2 is 1.67 bits per heavy atom. The van der Waals surface area contributed by atoms with Crippen LogP contribution in [0.2, 0.25) is 0 Å². The highest BCUT2D eigenvalue weighted by molar-refractivity contribution is 7.49. The molecule has 0 N–H and O–H groups in total. The van der Waals surface area contributed by atoms with Crippen LogP contribution in [-0.4, -0.2) is 13.2 Å². The van der Waals surface area contributed by atoms with Crippen LogP contribution in [0.3, 0.4) is 0 Å². The van der Waals surface area contributed by atoms with Crippen molar-refractivity contribution in [3.63, 3.8) is 0 Å². The molecule has 0 saturated heterocycles. The van der Waals surface area contributed by atoms with E-state index in [0.717, 1.165) is 13.2 Å². The van der Waals surface area contributed by atoms with Gasteiger partial charge >= 0.3 is 0 Å². The predicted octanol–water partition coefficient (Wildman–Crippen LogP) is 2.55. The van der Waals surface area contributed by atoms with Crippen molar-refractivity contribution in [2.75, 3.05) is 13.2 Å². The Bertz CT molecular complexity index is 53.0. The van der Waals surface area contributed by atoms with E-state index in [1.807, 2.05) is 26.9 Å². The molecule has 0 unspecified atom stereocenters. The summed E-state index contributed by atoms with van der Waals surface area (Å²) in [6.07, 6.45) is 1.96. The Morgan fingerprint density at radius 3 is 1.89 bits per heavy atom. The van der Waals surface area contributed by atoms with Crippen LogP contribution in [0.15, 0.2) is 0 Å². The number of rotatable bonds is 5. The summed E-state index contributed by atoms with van der Waals surface area (Å²) in [5, 5.41) is 0. The third-order valence-corrected chi connectivity index (χ3v) is 2.17. The van der Waals surface area contributed by atoms with Gasteiger partial charge in [-0.05, 0) is 13.8 Å². The standard InChI is InChI=1S/C6H14O2P/c1-4-7-9(6-3)8-5-2/h6H,4-5H2,1-3H3. The summed E-state index contributed by atoms with van der Waals surface area (Å²) in [6, 6.07) is 0. The molecule has 0 aliphatic rings. The lowest BCUT2D eigenvalue weighted by Crippen LogP contribution is -1.88. The molecule has 0 aromatic carbocycles. The topological polar surface area (TPSA) is 18.5 Å². The molecule has 0 amide bonds. The van der Waals surface area contributed by atoms with Gasteiger partial charge in [-0.2, -0.15) is 0 Å². The minimum Gasteiger partial charge on any atom is -0.334 e. The molecule has 0 bridgehead atoms. The molecule has 9 heavy (non-hydrogen) atoms. The molecule has 0 rings (SSSR count). The maximum absolute atomic E-state index is 5.22. The third kappa shape index (κ3) is 4.83. The molecule has 2 nitrogen and oxygen atoms in total. The van der Waals surface area contributed by atoms with Gasteiger partial charge in [-0.3, -0.25) is 0 Å². The average molecular weight is 149 g/mol. The lowest BCUT2D eigenvalue weighted by Gasteiger charge is -2.11. The van der Waals surface area contributed by atoms with Gasteiger partial charge in [0, 0.05) is 6.16 Å². The van der Waals surface area contributed by atoms with E-state index in [4.69, 9.17) is 9.05 Å². The maximum Gasteiger partial charge on any atom is 0.174 e. The van der Waals surface area contributed by atoms with E-state index in [2.05, 4.69) is 0 Å². The van der Waals surface area contributed by atoms with Crippen molar-refractivity contribution in [1.82, 2.24) is 0 Å². The second-order valence-electron chi connectivity index (χ2n) is 1.38. The van der Waals surface area contributed by atoms with E-state index in [9.17, 15) is 0 Å². The summed E-state index contributed by atoms with van der Waals surface area (Å²) in [4.78, 5) is 0. The van der Waals surface area contributed by atoms with Crippen LogP contribution in [0.25, 0.3) is 0 Å². The van der Waals surface area contributed by atoms with Crippen LogP contribution in [0.4, 0.5) is 0 Å². The molecule has 0 spiro atoms. The third-order valence-electron chi connectivity index (χ3n) is 0.723. The second kappa shape index (κ2) is 6.47. The van der Waals surface area contributed by atoms with E-state index < -0.39 is 8.38 Å². The van der Waals surface area contributed by atoms with Gasteiger partial charge in [0.15, 0.2) is 8.38 Å². The van der Waals surface area contributed by atoms with Crippen molar-refractivity contribution >= 4 is 8.38 Å². The summed E-state index contributed by atoms with van der Waals surface area (Å²) in [7, 11) is -0.684. The van der Waals surface area contributed by atoms with E-state index in [1.54, 1.807) is 0 Å². The maximum atomic E-state index is 5.22. The summed E-state index contributed by atoms with van der Waals surface area (Å²) in [5.74, 6) is 0. The highest BCUT2D eigenvalue weighted by atomic mass is 31.2. The predicted molar refractivity (Wildman–Crippen MR) is 40.1 cm³/mol. The van der Waals surface area contributed by atoms with Crippen LogP contribution in [-0.2, 0) is 9.05 Å². The van der Waals surface area contributed by atoms with Crippen molar-refractivity contribution in [2.24, 2.45) is 0 Å². The fraction of sp³-hybridized carbons (Fsp3) is 0.833. The molecule has 0 atom stereocenters. The summed E-state index contributed by atoms with van der Waals surface area (Å²) in [5.41, 5.74) is 0. The summed E-state index contributed by atoms with van der Waals surface area (Å²) in [6.45, 7) is 7.36. The highest BCUT2D eigenvalue weighted by Crippen LogP contribution is 2.40. The van der Waals surface area contributed by atoms with E-state index >= 15 is 0 Å². The van der Waals surface area contributed by atoms with Gasteiger partial charge in [0.2, 0.25) is 0 Å². The lowest BCUT2D eigenvalue weighted by atomic mass is 10.9. The largest absolute Gasteiger partial charge is 0.334 e. The Hall–Kier alpha value is 0.350. The smallest absolute Gasteiger partial charge is 0.174 e. The van der Waals surface area contributed by atoms with Gasteiger partial charge in [0.05, 0.1) is 13.2 Å². The number of hydrogen-bond acceptors (Lipinski definition) is 2. The average Bonchev–Trinajstić information content (AvgIpc) is 1.88. The van der Waals surface area contributed by atoms with Gasteiger partial charge in [-0.25, -0.2) is 0 Å². The molecule has 0 aromatic heterocycles. The molecule has 0 saturated carbocycles. The Morgan fingerprint density at radius 1 is 1.22 bits per heavy atom. The summed E-state index contributed by atoms with van der Waals surface area (Å²) < 4.78 is 10.4. The zero-order chi connectivity index (χ0) is 7.11. The van der Waals surface area contributed by atoms with Crippen molar-refractivity contribution in [1.29, 1.82) is 0 Å². The quantitative estimate of drug-likeness (QED) is 0.559. The lowest BCUT2D eigenvalue weighted by molar-refractivity contribution is 0.274. The molecular formula is C6H14O2P. The molecule has 0 fully saturated rings. The minimum absolute atomic E-state index is 0.684. The van der Waals surface area contributed by atoms with Crippen LogP contribution in [0.5, 0.6) is 0 Å². The molecule has 0 aliphatic heterocycles. The van der Waals surface area contributed by atoms with Crippen molar-refractivity contribution < 1.29 is 9.05 Å². The zero-order valence-corrected chi connectivity index (χ0v) is 7.15. The van der Waals surface area contributed by atoms with Gasteiger partial charge in [0.25, 0.3) is 0 Å².